The number of nitrogens with zero attached hydrogens (tertiary/aromatic N) is 4. The average Bonchev–Trinajstić information content (AvgIpc) is 3.05. The summed E-state index contributed by atoms with van der Waals surface area (Å²) in [6.45, 7) is 4.76. The maximum absolute atomic E-state index is 13.1. The first kappa shape index (κ1) is 15.2. The second-order valence-corrected chi connectivity index (χ2v) is 7.21. The van der Waals surface area contributed by atoms with E-state index in [2.05, 4.69) is 15.5 Å². The molecule has 0 aliphatic carbocycles. The number of hydrogen-bond donors (Lipinski definition) is 1. The number of nitrogens with one attached hydrogen (secondary N) is 1. The predicted octanol–water partition coefficient (Wildman–Crippen LogP) is 0.360. The third-order valence-corrected chi connectivity index (χ3v) is 6.04. The van der Waals surface area contributed by atoms with Gasteiger partial charge >= 0.3 is 0 Å². The molecule has 8 nitrogen and oxygen atoms in total. The van der Waals surface area contributed by atoms with Crippen molar-refractivity contribution in [3.05, 3.63) is 29.7 Å². The van der Waals surface area contributed by atoms with E-state index in [1.165, 1.54) is 4.31 Å². The zero-order valence-corrected chi connectivity index (χ0v) is 13.6. The van der Waals surface area contributed by atoms with Gasteiger partial charge < -0.3 is 14.4 Å². The minimum absolute atomic E-state index is 0.161. The fourth-order valence-corrected chi connectivity index (χ4v) is 4.73. The van der Waals surface area contributed by atoms with Crippen LogP contribution in [-0.2, 0) is 17.1 Å². The van der Waals surface area contributed by atoms with Crippen molar-refractivity contribution < 1.29 is 12.9 Å². The van der Waals surface area contributed by atoms with E-state index in [-0.39, 0.29) is 10.9 Å². The van der Waals surface area contributed by atoms with Crippen molar-refractivity contribution in [2.75, 3.05) is 19.6 Å². The first-order valence-corrected chi connectivity index (χ1v) is 8.49. The summed E-state index contributed by atoms with van der Waals surface area (Å²) in [5, 5.41) is 6.99. The fraction of sp³-hybridized carbons (Fsp3) is 0.538. The van der Waals surface area contributed by atoms with Crippen LogP contribution in [0.15, 0.2) is 21.8 Å². The van der Waals surface area contributed by atoms with Gasteiger partial charge in [-0.1, -0.05) is 5.16 Å². The van der Waals surface area contributed by atoms with E-state index in [9.17, 15) is 8.42 Å². The Morgan fingerprint density at radius 1 is 1.41 bits per heavy atom. The van der Waals surface area contributed by atoms with Crippen molar-refractivity contribution in [3.63, 3.8) is 0 Å². The Kier molecular flexibility index (Phi) is 3.79. The first-order valence-electron chi connectivity index (χ1n) is 7.05. The number of piperazine rings is 1. The van der Waals surface area contributed by atoms with Gasteiger partial charge in [0.25, 0.3) is 0 Å². The normalized spacial score (nSPS) is 20.4. The zero-order valence-electron chi connectivity index (χ0n) is 12.8. The molecular weight excluding hydrogens is 306 g/mol. The SMILES string of the molecule is Cc1noc(C)c1S(=O)(=O)N1CCNCC1c1nccn1C. The van der Waals surface area contributed by atoms with E-state index in [0.29, 0.717) is 36.9 Å². The van der Waals surface area contributed by atoms with Crippen molar-refractivity contribution in [1.29, 1.82) is 0 Å². The molecule has 3 heterocycles. The molecule has 22 heavy (non-hydrogen) atoms. The Labute approximate surface area is 129 Å². The monoisotopic (exact) mass is 325 g/mol. The van der Waals surface area contributed by atoms with Gasteiger partial charge in [-0.05, 0) is 13.8 Å². The van der Waals surface area contributed by atoms with Crippen LogP contribution in [0, 0.1) is 13.8 Å². The van der Waals surface area contributed by atoms with Crippen LogP contribution in [0.2, 0.25) is 0 Å². The minimum atomic E-state index is -3.69. The summed E-state index contributed by atoms with van der Waals surface area (Å²) in [7, 11) is -1.83. The Bertz CT molecular complexity index is 760. The van der Waals surface area contributed by atoms with Crippen LogP contribution in [0.3, 0.4) is 0 Å². The molecule has 1 unspecified atom stereocenters. The second kappa shape index (κ2) is 5.49. The van der Waals surface area contributed by atoms with Gasteiger partial charge in [0.2, 0.25) is 10.0 Å². The van der Waals surface area contributed by atoms with Crippen LogP contribution in [0.1, 0.15) is 23.3 Å². The van der Waals surface area contributed by atoms with Gasteiger partial charge in [0.15, 0.2) is 5.76 Å². The Morgan fingerprint density at radius 2 is 2.18 bits per heavy atom. The number of sulfonamides is 1. The summed E-state index contributed by atoms with van der Waals surface area (Å²) < 4.78 is 34.5. The molecule has 0 spiro atoms. The topological polar surface area (TPSA) is 93.3 Å². The van der Waals surface area contributed by atoms with Gasteiger partial charge in [-0.2, -0.15) is 4.31 Å². The summed E-state index contributed by atoms with van der Waals surface area (Å²) in [5.74, 6) is 1.03. The second-order valence-electron chi connectivity index (χ2n) is 5.39. The van der Waals surface area contributed by atoms with Crippen molar-refractivity contribution in [2.45, 2.75) is 24.8 Å². The van der Waals surface area contributed by atoms with E-state index >= 15 is 0 Å². The van der Waals surface area contributed by atoms with Crippen molar-refractivity contribution in [1.82, 2.24) is 24.3 Å². The summed E-state index contributed by atoms with van der Waals surface area (Å²) in [4.78, 5) is 4.47. The third-order valence-electron chi connectivity index (χ3n) is 3.89. The summed E-state index contributed by atoms with van der Waals surface area (Å²) in [6, 6.07) is -0.354. The molecule has 9 heteroatoms. The highest BCUT2D eigenvalue weighted by atomic mass is 32.2. The van der Waals surface area contributed by atoms with Crippen LogP contribution >= 0.6 is 0 Å². The lowest BCUT2D eigenvalue weighted by Gasteiger charge is -2.34. The highest BCUT2D eigenvalue weighted by Crippen LogP contribution is 2.30. The van der Waals surface area contributed by atoms with Crippen LogP contribution in [0.5, 0.6) is 0 Å². The lowest BCUT2D eigenvalue weighted by atomic mass is 10.2. The summed E-state index contributed by atoms with van der Waals surface area (Å²) >= 11 is 0. The standard InChI is InChI=1S/C13H19N5O3S/c1-9-12(10(2)21-16-9)22(19,20)18-7-4-14-8-11(18)13-15-5-6-17(13)3/h5-6,11,14H,4,7-8H2,1-3H3. The molecule has 120 valence electrons. The van der Waals surface area contributed by atoms with E-state index < -0.39 is 10.0 Å². The average molecular weight is 325 g/mol. The summed E-state index contributed by atoms with van der Waals surface area (Å²) in [5.41, 5.74) is 0.384. The molecule has 1 aliphatic rings. The van der Waals surface area contributed by atoms with E-state index in [1.54, 1.807) is 20.0 Å². The van der Waals surface area contributed by atoms with Crippen LogP contribution < -0.4 is 5.32 Å². The fourth-order valence-electron chi connectivity index (χ4n) is 2.85. The largest absolute Gasteiger partial charge is 0.360 e. The Hall–Kier alpha value is -1.71. The maximum atomic E-state index is 13.1. The molecule has 2 aromatic heterocycles. The van der Waals surface area contributed by atoms with Crippen molar-refractivity contribution in [2.24, 2.45) is 7.05 Å². The molecule has 0 aromatic carbocycles. The van der Waals surface area contributed by atoms with E-state index in [0.717, 1.165) is 0 Å². The first-order chi connectivity index (χ1) is 10.4. The lowest BCUT2D eigenvalue weighted by molar-refractivity contribution is 0.258. The molecule has 1 fully saturated rings. The van der Waals surface area contributed by atoms with E-state index in [4.69, 9.17) is 4.52 Å². The van der Waals surface area contributed by atoms with Gasteiger partial charge in [0.1, 0.15) is 16.4 Å². The number of rotatable bonds is 3. The smallest absolute Gasteiger partial charge is 0.249 e. The Balaban J connectivity index is 2.06. The lowest BCUT2D eigenvalue weighted by Crippen LogP contribution is -2.49. The van der Waals surface area contributed by atoms with Gasteiger partial charge in [-0.15, -0.1) is 0 Å². The molecule has 1 atom stereocenters. The highest BCUT2D eigenvalue weighted by Gasteiger charge is 2.39. The molecule has 0 radical (unpaired) electrons. The maximum Gasteiger partial charge on any atom is 0.249 e. The molecule has 1 saturated heterocycles. The van der Waals surface area contributed by atoms with Crippen molar-refractivity contribution in [3.8, 4) is 0 Å². The molecular formula is C13H19N5O3S. The highest BCUT2D eigenvalue weighted by molar-refractivity contribution is 7.89. The molecule has 0 saturated carbocycles. The van der Waals surface area contributed by atoms with Gasteiger partial charge in [-0.25, -0.2) is 13.4 Å². The van der Waals surface area contributed by atoms with E-state index in [1.807, 2.05) is 17.8 Å². The van der Waals surface area contributed by atoms with Gasteiger partial charge in [-0.3, -0.25) is 0 Å². The third kappa shape index (κ3) is 2.34. The summed E-state index contributed by atoms with van der Waals surface area (Å²) in [6.07, 6.45) is 3.48. The number of aromatic nitrogens is 3. The molecule has 0 bridgehead atoms. The predicted molar refractivity (Wildman–Crippen MR) is 78.7 cm³/mol. The van der Waals surface area contributed by atoms with Gasteiger partial charge in [0.05, 0.1) is 6.04 Å². The Morgan fingerprint density at radius 3 is 2.77 bits per heavy atom. The van der Waals surface area contributed by atoms with Crippen LogP contribution in [0.25, 0.3) is 0 Å². The minimum Gasteiger partial charge on any atom is -0.360 e. The molecule has 2 aromatic rings. The number of hydrogen-bond acceptors (Lipinski definition) is 6. The quantitative estimate of drug-likeness (QED) is 0.876. The van der Waals surface area contributed by atoms with Crippen molar-refractivity contribution >= 4 is 10.0 Å². The molecule has 1 aliphatic heterocycles. The number of aryl methyl sites for hydroxylation is 3. The molecule has 1 N–H and O–H groups in total. The zero-order chi connectivity index (χ0) is 15.9. The number of imidazole rings is 1. The molecule has 3 rings (SSSR count). The van der Waals surface area contributed by atoms with Gasteiger partial charge in [0, 0.05) is 39.1 Å². The molecule has 0 amide bonds. The van der Waals surface area contributed by atoms with Crippen LogP contribution in [-0.4, -0.2) is 47.1 Å². The van der Waals surface area contributed by atoms with Crippen LogP contribution in [0.4, 0.5) is 0 Å².